The molecule has 1 atom stereocenters. The SMILES string of the molecule is CC[C@@H](NC(=O)NCCc1ccsc1)C(=O)O. The number of amides is 2. The van der Waals surface area contributed by atoms with E-state index in [-0.39, 0.29) is 0 Å². The zero-order valence-electron chi connectivity index (χ0n) is 9.60. The highest BCUT2D eigenvalue weighted by Gasteiger charge is 2.16. The molecular weight excluding hydrogens is 240 g/mol. The van der Waals surface area contributed by atoms with Gasteiger partial charge in [-0.25, -0.2) is 9.59 Å². The van der Waals surface area contributed by atoms with Gasteiger partial charge in [-0.2, -0.15) is 11.3 Å². The van der Waals surface area contributed by atoms with Crippen LogP contribution in [0.2, 0.25) is 0 Å². The molecule has 1 aromatic heterocycles. The van der Waals surface area contributed by atoms with Crippen LogP contribution in [0.3, 0.4) is 0 Å². The van der Waals surface area contributed by atoms with E-state index in [9.17, 15) is 9.59 Å². The predicted octanol–water partition coefficient (Wildman–Crippen LogP) is 1.45. The molecule has 3 N–H and O–H groups in total. The Hall–Kier alpha value is -1.56. The van der Waals surface area contributed by atoms with Crippen LogP contribution in [0, 0.1) is 0 Å². The fourth-order valence-corrected chi connectivity index (χ4v) is 2.01. The quantitative estimate of drug-likeness (QED) is 0.721. The first-order chi connectivity index (χ1) is 8.13. The van der Waals surface area contributed by atoms with Gasteiger partial charge < -0.3 is 15.7 Å². The summed E-state index contributed by atoms with van der Waals surface area (Å²) >= 11 is 1.61. The first kappa shape index (κ1) is 13.5. The van der Waals surface area contributed by atoms with Crippen LogP contribution in [-0.4, -0.2) is 29.7 Å². The minimum absolute atomic E-state index is 0.368. The largest absolute Gasteiger partial charge is 0.480 e. The van der Waals surface area contributed by atoms with E-state index < -0.39 is 18.0 Å². The Morgan fingerprint density at radius 1 is 1.53 bits per heavy atom. The molecule has 0 aliphatic rings. The van der Waals surface area contributed by atoms with Crippen molar-refractivity contribution in [1.29, 1.82) is 0 Å². The Bertz CT molecular complexity index is 365. The van der Waals surface area contributed by atoms with E-state index in [1.54, 1.807) is 18.3 Å². The number of carbonyl (C=O) groups is 2. The standard InChI is InChI=1S/C11H16N2O3S/c1-2-9(10(14)15)13-11(16)12-5-3-8-4-6-17-7-8/h4,6-7,9H,2-3,5H2,1H3,(H,14,15)(H2,12,13,16)/t9-/m1/s1. The number of nitrogens with one attached hydrogen (secondary N) is 2. The van der Waals surface area contributed by atoms with Crippen LogP contribution in [0.25, 0.3) is 0 Å². The molecule has 2 amide bonds. The van der Waals surface area contributed by atoms with Crippen molar-refractivity contribution in [1.82, 2.24) is 10.6 Å². The minimum atomic E-state index is -1.01. The number of aliphatic carboxylic acids is 1. The lowest BCUT2D eigenvalue weighted by Gasteiger charge is -2.12. The lowest BCUT2D eigenvalue weighted by Crippen LogP contribution is -2.46. The monoisotopic (exact) mass is 256 g/mol. The van der Waals surface area contributed by atoms with Crippen molar-refractivity contribution in [3.05, 3.63) is 22.4 Å². The van der Waals surface area contributed by atoms with E-state index in [0.717, 1.165) is 6.42 Å². The van der Waals surface area contributed by atoms with Crippen LogP contribution in [-0.2, 0) is 11.2 Å². The summed E-state index contributed by atoms with van der Waals surface area (Å²) in [6.45, 7) is 2.21. The highest BCUT2D eigenvalue weighted by Crippen LogP contribution is 2.05. The number of thiophene rings is 1. The van der Waals surface area contributed by atoms with Crippen LogP contribution in [0.4, 0.5) is 4.79 Å². The summed E-state index contributed by atoms with van der Waals surface area (Å²) < 4.78 is 0. The molecule has 0 aromatic carbocycles. The van der Waals surface area contributed by atoms with Gasteiger partial charge in [-0.1, -0.05) is 6.92 Å². The number of carbonyl (C=O) groups excluding carboxylic acids is 1. The average molecular weight is 256 g/mol. The van der Waals surface area contributed by atoms with Crippen molar-refractivity contribution in [2.75, 3.05) is 6.54 Å². The second-order valence-corrected chi connectivity index (χ2v) is 4.36. The first-order valence-electron chi connectivity index (χ1n) is 5.41. The number of carboxylic acids is 1. The van der Waals surface area contributed by atoms with Crippen molar-refractivity contribution in [3.8, 4) is 0 Å². The molecule has 0 radical (unpaired) electrons. The Labute approximate surface area is 104 Å². The van der Waals surface area contributed by atoms with Crippen molar-refractivity contribution in [2.45, 2.75) is 25.8 Å². The smallest absolute Gasteiger partial charge is 0.326 e. The summed E-state index contributed by atoms with van der Waals surface area (Å²) in [6, 6.07) is 0.738. The molecule has 0 bridgehead atoms. The van der Waals surface area contributed by atoms with E-state index in [4.69, 9.17) is 5.11 Å². The predicted molar refractivity (Wildman–Crippen MR) is 66.3 cm³/mol. The van der Waals surface area contributed by atoms with Crippen LogP contribution >= 0.6 is 11.3 Å². The van der Waals surface area contributed by atoms with Gasteiger partial charge in [0.15, 0.2) is 0 Å². The molecule has 0 spiro atoms. The molecule has 0 saturated carbocycles. The molecule has 0 aliphatic carbocycles. The van der Waals surface area contributed by atoms with Gasteiger partial charge in [0.05, 0.1) is 0 Å². The summed E-state index contributed by atoms with van der Waals surface area (Å²) in [5, 5.41) is 17.8. The molecule has 1 heterocycles. The highest BCUT2D eigenvalue weighted by atomic mass is 32.1. The number of hydrogen-bond acceptors (Lipinski definition) is 3. The lowest BCUT2D eigenvalue weighted by molar-refractivity contribution is -0.139. The van der Waals surface area contributed by atoms with Gasteiger partial charge in [0.25, 0.3) is 0 Å². The summed E-state index contributed by atoms with van der Waals surface area (Å²) in [5.74, 6) is -1.01. The van der Waals surface area contributed by atoms with Crippen LogP contribution in [0.15, 0.2) is 16.8 Å². The first-order valence-corrected chi connectivity index (χ1v) is 6.36. The van der Waals surface area contributed by atoms with Gasteiger partial charge in [-0.3, -0.25) is 0 Å². The van der Waals surface area contributed by atoms with E-state index in [2.05, 4.69) is 10.6 Å². The summed E-state index contributed by atoms with van der Waals surface area (Å²) in [4.78, 5) is 22.0. The van der Waals surface area contributed by atoms with E-state index >= 15 is 0 Å². The van der Waals surface area contributed by atoms with Gasteiger partial charge in [-0.15, -0.1) is 0 Å². The molecule has 6 heteroatoms. The van der Waals surface area contributed by atoms with Crippen molar-refractivity contribution >= 4 is 23.3 Å². The molecule has 1 aromatic rings. The fraction of sp³-hybridized carbons (Fsp3) is 0.455. The molecule has 5 nitrogen and oxygen atoms in total. The number of urea groups is 1. The van der Waals surface area contributed by atoms with Gasteiger partial charge in [0, 0.05) is 6.54 Å². The molecule has 0 aliphatic heterocycles. The van der Waals surface area contributed by atoms with Gasteiger partial charge >= 0.3 is 12.0 Å². The summed E-state index contributed by atoms with van der Waals surface area (Å²) in [6.07, 6.45) is 1.12. The van der Waals surface area contributed by atoms with E-state index in [1.165, 1.54) is 5.56 Å². The Morgan fingerprint density at radius 3 is 2.82 bits per heavy atom. The second kappa shape index (κ2) is 6.90. The van der Waals surface area contributed by atoms with Crippen molar-refractivity contribution in [3.63, 3.8) is 0 Å². The molecule has 0 fully saturated rings. The van der Waals surface area contributed by atoms with E-state index in [0.29, 0.717) is 13.0 Å². The molecule has 0 saturated heterocycles. The number of carboxylic acid groups (broad SMARTS) is 1. The summed E-state index contributed by atoms with van der Waals surface area (Å²) in [5.41, 5.74) is 1.17. The maximum absolute atomic E-state index is 11.4. The summed E-state index contributed by atoms with van der Waals surface area (Å²) in [7, 11) is 0. The lowest BCUT2D eigenvalue weighted by atomic mass is 10.2. The normalized spacial score (nSPS) is 11.8. The molecule has 94 valence electrons. The Balaban J connectivity index is 2.23. The second-order valence-electron chi connectivity index (χ2n) is 3.58. The Kier molecular flexibility index (Phi) is 5.48. The third-order valence-corrected chi connectivity index (χ3v) is 3.02. The third-order valence-electron chi connectivity index (χ3n) is 2.29. The van der Waals surface area contributed by atoms with Gasteiger partial charge in [-0.05, 0) is 35.2 Å². The zero-order chi connectivity index (χ0) is 12.7. The Morgan fingerprint density at radius 2 is 2.29 bits per heavy atom. The van der Waals surface area contributed by atoms with Gasteiger partial charge in [0.2, 0.25) is 0 Å². The van der Waals surface area contributed by atoms with Crippen LogP contribution < -0.4 is 10.6 Å². The maximum atomic E-state index is 11.4. The third kappa shape index (κ3) is 4.86. The highest BCUT2D eigenvalue weighted by molar-refractivity contribution is 7.07. The molecule has 0 unspecified atom stereocenters. The minimum Gasteiger partial charge on any atom is -0.480 e. The zero-order valence-corrected chi connectivity index (χ0v) is 10.4. The van der Waals surface area contributed by atoms with Crippen molar-refractivity contribution < 1.29 is 14.7 Å². The number of rotatable bonds is 6. The topological polar surface area (TPSA) is 78.4 Å². The van der Waals surface area contributed by atoms with E-state index in [1.807, 2.05) is 16.8 Å². The molecular formula is C11H16N2O3S. The molecule has 1 rings (SSSR count). The van der Waals surface area contributed by atoms with Gasteiger partial charge in [0.1, 0.15) is 6.04 Å². The number of hydrogen-bond donors (Lipinski definition) is 3. The molecule has 17 heavy (non-hydrogen) atoms. The average Bonchev–Trinajstić information content (AvgIpc) is 2.78. The van der Waals surface area contributed by atoms with Crippen LogP contribution in [0.5, 0.6) is 0 Å². The fourth-order valence-electron chi connectivity index (χ4n) is 1.30. The van der Waals surface area contributed by atoms with Crippen LogP contribution in [0.1, 0.15) is 18.9 Å². The maximum Gasteiger partial charge on any atom is 0.326 e. The van der Waals surface area contributed by atoms with Crippen molar-refractivity contribution in [2.24, 2.45) is 0 Å².